The van der Waals surface area contributed by atoms with Crippen molar-refractivity contribution in [2.75, 3.05) is 26.2 Å². The summed E-state index contributed by atoms with van der Waals surface area (Å²) in [6.07, 6.45) is 8.06. The monoisotopic (exact) mass is 384 g/mol. The quantitative estimate of drug-likeness (QED) is 0.845. The maximum absolute atomic E-state index is 12.7. The van der Waals surface area contributed by atoms with Gasteiger partial charge in [0.1, 0.15) is 0 Å². The minimum atomic E-state index is 0.0592. The molecule has 3 fully saturated rings. The average Bonchev–Trinajstić information content (AvgIpc) is 3.58. The summed E-state index contributed by atoms with van der Waals surface area (Å²) in [5.74, 6) is 0.904. The van der Waals surface area contributed by atoms with Crippen LogP contribution < -0.4 is 5.32 Å². The Morgan fingerprint density at radius 2 is 1.89 bits per heavy atom. The molecule has 0 radical (unpaired) electrons. The second-order valence-electron chi connectivity index (χ2n) is 8.65. The molecule has 1 aromatic heterocycles. The number of nitrogens with one attached hydrogen (secondary N) is 1. The third kappa shape index (κ3) is 4.54. The van der Waals surface area contributed by atoms with Gasteiger partial charge in [-0.15, -0.1) is 0 Å². The third-order valence-electron chi connectivity index (χ3n) is 6.59. The molecule has 3 aliphatic rings. The van der Waals surface area contributed by atoms with Gasteiger partial charge in [-0.3, -0.25) is 19.5 Å². The third-order valence-corrected chi connectivity index (χ3v) is 6.59. The second kappa shape index (κ2) is 8.60. The topological polar surface area (TPSA) is 65.5 Å². The molecule has 1 saturated carbocycles. The molecular formula is C22H32N4O2. The van der Waals surface area contributed by atoms with Crippen LogP contribution in [0.5, 0.6) is 0 Å². The van der Waals surface area contributed by atoms with Crippen LogP contribution in [-0.2, 0) is 16.1 Å². The van der Waals surface area contributed by atoms with Gasteiger partial charge in [0.2, 0.25) is 11.8 Å². The van der Waals surface area contributed by atoms with Crippen molar-refractivity contribution in [3.05, 3.63) is 29.6 Å². The molecule has 28 heavy (non-hydrogen) atoms. The van der Waals surface area contributed by atoms with Gasteiger partial charge in [-0.1, -0.05) is 6.07 Å². The maximum Gasteiger partial charge on any atom is 0.225 e. The molecule has 0 aromatic carbocycles. The lowest BCUT2D eigenvalue weighted by Gasteiger charge is -2.42. The van der Waals surface area contributed by atoms with E-state index in [1.165, 1.54) is 0 Å². The smallest absolute Gasteiger partial charge is 0.225 e. The van der Waals surface area contributed by atoms with E-state index in [1.807, 2.05) is 19.1 Å². The molecule has 6 heteroatoms. The molecule has 2 saturated heterocycles. The number of likely N-dealkylation sites (tertiary alicyclic amines) is 2. The molecule has 6 nitrogen and oxygen atoms in total. The van der Waals surface area contributed by atoms with E-state index < -0.39 is 0 Å². The van der Waals surface area contributed by atoms with Crippen molar-refractivity contribution in [3.63, 3.8) is 0 Å². The molecule has 1 unspecified atom stereocenters. The normalized spacial score (nSPS) is 24.2. The highest BCUT2D eigenvalue weighted by Crippen LogP contribution is 2.32. The van der Waals surface area contributed by atoms with Crippen molar-refractivity contribution in [3.8, 4) is 0 Å². The van der Waals surface area contributed by atoms with Crippen LogP contribution >= 0.6 is 0 Å². The number of aromatic nitrogens is 1. The van der Waals surface area contributed by atoms with Crippen molar-refractivity contribution >= 4 is 11.8 Å². The van der Waals surface area contributed by atoms with Gasteiger partial charge in [-0.2, -0.15) is 0 Å². The molecule has 4 rings (SSSR count). The number of nitrogens with zero attached hydrogens (tertiary/aromatic N) is 3. The lowest BCUT2D eigenvalue weighted by atomic mass is 9.93. The summed E-state index contributed by atoms with van der Waals surface area (Å²) in [6, 6.07) is 4.46. The van der Waals surface area contributed by atoms with Crippen molar-refractivity contribution in [1.82, 2.24) is 20.1 Å². The van der Waals surface area contributed by atoms with Crippen LogP contribution in [0.15, 0.2) is 18.3 Å². The summed E-state index contributed by atoms with van der Waals surface area (Å²) in [7, 11) is 0. The summed E-state index contributed by atoms with van der Waals surface area (Å²) in [5.41, 5.74) is 2.05. The van der Waals surface area contributed by atoms with Gasteiger partial charge in [0.15, 0.2) is 0 Å². The van der Waals surface area contributed by atoms with E-state index >= 15 is 0 Å². The van der Waals surface area contributed by atoms with Crippen LogP contribution in [0.25, 0.3) is 0 Å². The van der Waals surface area contributed by atoms with Crippen molar-refractivity contribution < 1.29 is 9.59 Å². The number of carbonyl (C=O) groups excluding carboxylic acids is 2. The molecule has 1 aromatic rings. The van der Waals surface area contributed by atoms with Crippen molar-refractivity contribution in [1.29, 1.82) is 0 Å². The molecule has 152 valence electrons. The number of pyridine rings is 1. The van der Waals surface area contributed by atoms with E-state index in [1.54, 1.807) is 6.20 Å². The molecule has 0 spiro atoms. The predicted octanol–water partition coefficient (Wildman–Crippen LogP) is 2.12. The Hall–Kier alpha value is -1.95. The van der Waals surface area contributed by atoms with E-state index in [0.717, 1.165) is 76.0 Å². The highest BCUT2D eigenvalue weighted by molar-refractivity contribution is 5.81. The Morgan fingerprint density at radius 1 is 1.11 bits per heavy atom. The Kier molecular flexibility index (Phi) is 5.95. The second-order valence-corrected chi connectivity index (χ2v) is 8.65. The number of carbonyl (C=O) groups is 2. The van der Waals surface area contributed by atoms with Crippen LogP contribution in [0.2, 0.25) is 0 Å². The lowest BCUT2D eigenvalue weighted by Crippen LogP contribution is -2.51. The average molecular weight is 385 g/mol. The molecule has 2 aliphatic heterocycles. The van der Waals surface area contributed by atoms with Crippen LogP contribution in [-0.4, -0.2) is 58.8 Å². The summed E-state index contributed by atoms with van der Waals surface area (Å²) in [4.78, 5) is 33.9. The van der Waals surface area contributed by atoms with E-state index in [4.69, 9.17) is 0 Å². The first kappa shape index (κ1) is 19.4. The summed E-state index contributed by atoms with van der Waals surface area (Å²) in [6.45, 7) is 6.21. The molecule has 2 amide bonds. The molecular weight excluding hydrogens is 352 g/mol. The number of piperidine rings is 2. The van der Waals surface area contributed by atoms with E-state index in [9.17, 15) is 9.59 Å². The summed E-state index contributed by atoms with van der Waals surface area (Å²) >= 11 is 0. The molecule has 1 N–H and O–H groups in total. The zero-order valence-electron chi connectivity index (χ0n) is 16.9. The minimum absolute atomic E-state index is 0.0592. The van der Waals surface area contributed by atoms with Gasteiger partial charge in [0, 0.05) is 37.8 Å². The van der Waals surface area contributed by atoms with Gasteiger partial charge in [-0.05, 0) is 63.6 Å². The maximum atomic E-state index is 12.7. The Balaban J connectivity index is 1.25. The number of hydrogen-bond donors (Lipinski definition) is 1. The number of aryl methyl sites for hydroxylation is 1. The Morgan fingerprint density at radius 3 is 2.61 bits per heavy atom. The van der Waals surface area contributed by atoms with Crippen molar-refractivity contribution in [2.45, 2.75) is 58.0 Å². The highest BCUT2D eigenvalue weighted by Gasteiger charge is 2.37. The predicted molar refractivity (Wildman–Crippen MR) is 107 cm³/mol. The van der Waals surface area contributed by atoms with Gasteiger partial charge < -0.3 is 10.2 Å². The van der Waals surface area contributed by atoms with Gasteiger partial charge >= 0.3 is 0 Å². The number of rotatable bonds is 5. The molecule has 1 aliphatic carbocycles. The molecule has 1 atom stereocenters. The SMILES string of the molecule is Cc1cccnc1CNC(=O)C1CCCN(C2CCN(C(=O)C3CC3)CC2)C1. The highest BCUT2D eigenvalue weighted by atomic mass is 16.2. The molecule has 0 bridgehead atoms. The standard InChI is InChI=1S/C22H32N4O2/c1-16-4-2-10-23-20(16)14-24-21(27)18-5-3-11-26(15-18)19-8-12-25(13-9-19)22(28)17-6-7-17/h2,4,10,17-19H,3,5-9,11-15H2,1H3,(H,24,27). The summed E-state index contributed by atoms with van der Waals surface area (Å²) < 4.78 is 0. The summed E-state index contributed by atoms with van der Waals surface area (Å²) in [5, 5.41) is 3.09. The van der Waals surface area contributed by atoms with Gasteiger partial charge in [0.05, 0.1) is 18.2 Å². The van der Waals surface area contributed by atoms with Crippen LogP contribution in [0.3, 0.4) is 0 Å². The number of amides is 2. The van der Waals surface area contributed by atoms with Gasteiger partial charge in [-0.25, -0.2) is 0 Å². The zero-order chi connectivity index (χ0) is 19.5. The van der Waals surface area contributed by atoms with E-state index in [0.29, 0.717) is 24.4 Å². The fraction of sp³-hybridized carbons (Fsp3) is 0.682. The van der Waals surface area contributed by atoms with Crippen molar-refractivity contribution in [2.24, 2.45) is 11.8 Å². The first-order chi connectivity index (χ1) is 13.6. The number of hydrogen-bond acceptors (Lipinski definition) is 4. The van der Waals surface area contributed by atoms with E-state index in [-0.39, 0.29) is 11.8 Å². The minimum Gasteiger partial charge on any atom is -0.350 e. The van der Waals surface area contributed by atoms with Crippen LogP contribution in [0.1, 0.15) is 49.8 Å². The van der Waals surface area contributed by atoms with Crippen LogP contribution in [0, 0.1) is 18.8 Å². The molecule has 3 heterocycles. The fourth-order valence-electron chi connectivity index (χ4n) is 4.61. The lowest BCUT2D eigenvalue weighted by molar-refractivity contribution is -0.134. The Labute approximate surface area is 167 Å². The fourth-order valence-corrected chi connectivity index (χ4v) is 4.61. The van der Waals surface area contributed by atoms with Gasteiger partial charge in [0.25, 0.3) is 0 Å². The largest absolute Gasteiger partial charge is 0.350 e. The first-order valence-corrected chi connectivity index (χ1v) is 10.8. The first-order valence-electron chi connectivity index (χ1n) is 10.8. The Bertz CT molecular complexity index is 710. The van der Waals surface area contributed by atoms with Crippen LogP contribution in [0.4, 0.5) is 0 Å². The zero-order valence-corrected chi connectivity index (χ0v) is 16.9. The van der Waals surface area contributed by atoms with E-state index in [2.05, 4.69) is 20.1 Å².